The van der Waals surface area contributed by atoms with Gasteiger partial charge in [0, 0.05) is 19.3 Å². The molecular formula is C6H9N4O2S. The molecule has 0 spiro atoms. The fourth-order valence-electron chi connectivity index (χ4n) is 0.712. The number of nitrogens with zero attached hydrogens (tertiary/aromatic N) is 3. The molecule has 1 aromatic rings. The van der Waals surface area contributed by atoms with Crippen molar-refractivity contribution in [3.05, 3.63) is 6.33 Å². The van der Waals surface area contributed by atoms with Crippen LogP contribution in [0, 0.1) is 0 Å². The van der Waals surface area contributed by atoms with Crippen LogP contribution < -0.4 is 5.32 Å². The normalized spacial score (nSPS) is 9.92. The van der Waals surface area contributed by atoms with Crippen LogP contribution in [0.2, 0.25) is 0 Å². The van der Waals surface area contributed by atoms with E-state index in [1.807, 2.05) is 0 Å². The van der Waals surface area contributed by atoms with Crippen molar-refractivity contribution in [2.24, 2.45) is 7.05 Å². The van der Waals surface area contributed by atoms with Crippen LogP contribution in [0.25, 0.3) is 0 Å². The van der Waals surface area contributed by atoms with Gasteiger partial charge in [-0.15, -0.1) is 0 Å². The fourth-order valence-corrected chi connectivity index (χ4v) is 1.45. The molecule has 0 atom stereocenters. The molecule has 0 aliphatic heterocycles. The van der Waals surface area contributed by atoms with Crippen molar-refractivity contribution in [2.75, 3.05) is 12.3 Å². The van der Waals surface area contributed by atoms with E-state index in [1.54, 1.807) is 11.7 Å². The fraction of sp³-hybridized carbons (Fsp3) is 0.500. The predicted molar refractivity (Wildman–Crippen MR) is 45.8 cm³/mol. The molecule has 6 nitrogen and oxygen atoms in total. The van der Waals surface area contributed by atoms with Crippen LogP contribution in [0.5, 0.6) is 0 Å². The van der Waals surface area contributed by atoms with E-state index in [4.69, 9.17) is 0 Å². The first-order chi connectivity index (χ1) is 6.20. The van der Waals surface area contributed by atoms with Crippen LogP contribution in [0.4, 0.5) is 4.79 Å². The van der Waals surface area contributed by atoms with Gasteiger partial charge in [-0.3, -0.25) is 0 Å². The molecule has 0 aromatic carbocycles. The zero-order valence-electron chi connectivity index (χ0n) is 7.06. The Balaban J connectivity index is 2.20. The van der Waals surface area contributed by atoms with Crippen LogP contribution in [0.3, 0.4) is 0 Å². The number of carbonyl (C=O) groups is 1. The lowest BCUT2D eigenvalue weighted by atomic mass is 10.7. The van der Waals surface area contributed by atoms with Gasteiger partial charge < -0.3 is 5.32 Å². The number of nitrogens with one attached hydrogen (secondary N) is 1. The Morgan fingerprint density at radius 1 is 1.77 bits per heavy atom. The van der Waals surface area contributed by atoms with Crippen LogP contribution >= 0.6 is 11.8 Å². The first-order valence-corrected chi connectivity index (χ1v) is 4.60. The topological polar surface area (TPSA) is 79.7 Å². The molecule has 0 fully saturated rings. The lowest BCUT2D eigenvalue weighted by Gasteiger charge is -1.99. The molecule has 0 saturated heterocycles. The third kappa shape index (κ3) is 3.32. The van der Waals surface area contributed by atoms with Crippen molar-refractivity contribution >= 4 is 17.9 Å². The Hall–Kier alpha value is -1.24. The summed E-state index contributed by atoms with van der Waals surface area (Å²) in [7, 11) is 1.78. The third-order valence-electron chi connectivity index (χ3n) is 1.27. The minimum absolute atomic E-state index is 0.347. The SMILES string of the molecule is Cn1ncnc1SCCNC([O])=O. The first-order valence-electron chi connectivity index (χ1n) is 3.62. The molecule has 13 heavy (non-hydrogen) atoms. The number of hydrogen-bond donors (Lipinski definition) is 1. The highest BCUT2D eigenvalue weighted by Gasteiger charge is 2.01. The largest absolute Gasteiger partial charge is 0.450 e. The molecule has 1 heterocycles. The van der Waals surface area contributed by atoms with E-state index < -0.39 is 6.09 Å². The Kier molecular flexibility index (Phi) is 3.56. The maximum absolute atomic E-state index is 9.96. The van der Waals surface area contributed by atoms with Gasteiger partial charge in [-0.2, -0.15) is 5.10 Å². The van der Waals surface area contributed by atoms with Crippen LogP contribution in [0.1, 0.15) is 0 Å². The average molecular weight is 201 g/mol. The van der Waals surface area contributed by atoms with Crippen molar-refractivity contribution in [1.82, 2.24) is 20.1 Å². The van der Waals surface area contributed by atoms with E-state index in [-0.39, 0.29) is 0 Å². The maximum Gasteiger partial charge on any atom is 0.450 e. The van der Waals surface area contributed by atoms with Crippen molar-refractivity contribution in [3.8, 4) is 0 Å². The summed E-state index contributed by atoms with van der Waals surface area (Å²) in [5.74, 6) is 0.612. The molecule has 1 amide bonds. The second-order valence-corrected chi connectivity index (χ2v) is 3.29. The van der Waals surface area contributed by atoms with Crippen molar-refractivity contribution in [1.29, 1.82) is 0 Å². The van der Waals surface area contributed by atoms with E-state index in [0.717, 1.165) is 5.16 Å². The number of aryl methyl sites for hydroxylation is 1. The van der Waals surface area contributed by atoms with Gasteiger partial charge in [-0.25, -0.2) is 19.6 Å². The van der Waals surface area contributed by atoms with E-state index in [9.17, 15) is 9.90 Å². The molecule has 0 aliphatic carbocycles. The summed E-state index contributed by atoms with van der Waals surface area (Å²) in [4.78, 5) is 13.9. The standard InChI is InChI=1S/C6H9N4O2S/c1-10-5(8-4-9-10)13-3-2-7-6(11)12/h4,7H,2-3H2,1H3. The van der Waals surface area contributed by atoms with Crippen LogP contribution in [0.15, 0.2) is 11.5 Å². The first kappa shape index (κ1) is 9.85. The molecule has 1 rings (SSSR count). The minimum Gasteiger partial charge on any atom is -0.318 e. The third-order valence-corrected chi connectivity index (χ3v) is 2.31. The van der Waals surface area contributed by atoms with Gasteiger partial charge in [0.25, 0.3) is 0 Å². The number of hydrogen-bond acceptors (Lipinski definition) is 4. The Labute approximate surface area is 79.3 Å². The van der Waals surface area contributed by atoms with Gasteiger partial charge in [0.15, 0.2) is 5.16 Å². The summed E-state index contributed by atoms with van der Waals surface area (Å²) in [6, 6.07) is 0. The quantitative estimate of drug-likeness (QED) is 0.551. The molecule has 0 unspecified atom stereocenters. The second kappa shape index (κ2) is 4.70. The molecular weight excluding hydrogens is 192 g/mol. The summed E-state index contributed by atoms with van der Waals surface area (Å²) in [6.45, 7) is 0.347. The highest BCUT2D eigenvalue weighted by Crippen LogP contribution is 2.11. The maximum atomic E-state index is 9.96. The lowest BCUT2D eigenvalue weighted by molar-refractivity contribution is 0.169. The van der Waals surface area contributed by atoms with Crippen molar-refractivity contribution < 1.29 is 9.90 Å². The van der Waals surface area contributed by atoms with Crippen LogP contribution in [-0.4, -0.2) is 33.2 Å². The molecule has 1 radical (unpaired) electrons. The summed E-state index contributed by atoms with van der Waals surface area (Å²) in [5.41, 5.74) is 0. The highest BCUT2D eigenvalue weighted by molar-refractivity contribution is 7.99. The van der Waals surface area contributed by atoms with Gasteiger partial charge >= 0.3 is 6.09 Å². The van der Waals surface area contributed by atoms with Gasteiger partial charge in [0.2, 0.25) is 0 Å². The van der Waals surface area contributed by atoms with Gasteiger partial charge in [-0.1, -0.05) is 11.8 Å². The molecule has 0 saturated carbocycles. The number of rotatable bonds is 4. The average Bonchev–Trinajstić information content (AvgIpc) is 2.45. The van der Waals surface area contributed by atoms with E-state index >= 15 is 0 Å². The monoisotopic (exact) mass is 201 g/mol. The van der Waals surface area contributed by atoms with Crippen molar-refractivity contribution in [3.63, 3.8) is 0 Å². The highest BCUT2D eigenvalue weighted by atomic mass is 32.2. The minimum atomic E-state index is -1.25. The summed E-state index contributed by atoms with van der Waals surface area (Å²) < 4.78 is 1.63. The summed E-state index contributed by atoms with van der Waals surface area (Å²) in [5, 5.41) is 16.7. The summed E-state index contributed by atoms with van der Waals surface area (Å²) >= 11 is 1.43. The summed E-state index contributed by atoms with van der Waals surface area (Å²) in [6.07, 6.45) is 0.202. The molecule has 0 bridgehead atoms. The smallest absolute Gasteiger partial charge is 0.318 e. The number of carbonyl (C=O) groups excluding carboxylic acids is 1. The number of aromatic nitrogens is 3. The Morgan fingerprint density at radius 3 is 3.08 bits per heavy atom. The van der Waals surface area contributed by atoms with E-state index in [0.29, 0.717) is 12.3 Å². The van der Waals surface area contributed by atoms with Crippen LogP contribution in [-0.2, 0) is 12.2 Å². The van der Waals surface area contributed by atoms with Gasteiger partial charge in [0.1, 0.15) is 6.33 Å². The molecule has 1 N–H and O–H groups in total. The predicted octanol–water partition coefficient (Wildman–Crippen LogP) is 0.0473. The second-order valence-electron chi connectivity index (χ2n) is 2.23. The molecule has 0 aliphatic rings. The molecule has 7 heteroatoms. The Morgan fingerprint density at radius 2 is 2.54 bits per heavy atom. The number of amides is 1. The molecule has 71 valence electrons. The Bertz CT molecular complexity index is 288. The molecule has 1 aromatic heterocycles. The van der Waals surface area contributed by atoms with Gasteiger partial charge in [-0.05, 0) is 0 Å². The number of thioether (sulfide) groups is 1. The lowest BCUT2D eigenvalue weighted by Crippen LogP contribution is -2.22. The zero-order chi connectivity index (χ0) is 9.68. The van der Waals surface area contributed by atoms with E-state index in [2.05, 4.69) is 15.4 Å². The van der Waals surface area contributed by atoms with E-state index in [1.165, 1.54) is 18.1 Å². The zero-order valence-corrected chi connectivity index (χ0v) is 7.87. The van der Waals surface area contributed by atoms with Crippen molar-refractivity contribution in [2.45, 2.75) is 5.16 Å². The van der Waals surface area contributed by atoms with Gasteiger partial charge in [0.05, 0.1) is 0 Å².